The molecule has 1 aliphatic rings. The summed E-state index contributed by atoms with van der Waals surface area (Å²) in [6.45, 7) is 8.42. The Morgan fingerprint density at radius 2 is 1.81 bits per heavy atom. The fourth-order valence-corrected chi connectivity index (χ4v) is 4.64. The van der Waals surface area contributed by atoms with Gasteiger partial charge in [0.05, 0.1) is 16.6 Å². The van der Waals surface area contributed by atoms with Crippen LogP contribution in [0.25, 0.3) is 0 Å². The summed E-state index contributed by atoms with van der Waals surface area (Å²) < 4.78 is 38.0. The number of sulfone groups is 1. The molecule has 7 nitrogen and oxygen atoms in total. The lowest BCUT2D eigenvalue weighted by atomic mass is 10.0. The van der Waals surface area contributed by atoms with E-state index in [2.05, 4.69) is 27.4 Å². The van der Waals surface area contributed by atoms with E-state index < -0.39 is 21.9 Å². The van der Waals surface area contributed by atoms with E-state index in [0.717, 1.165) is 44.7 Å². The maximum atomic E-state index is 14.0. The molecule has 1 atom stereocenters. The quantitative estimate of drug-likeness (QED) is 0.709. The third kappa shape index (κ3) is 5.74. The predicted octanol–water partition coefficient (Wildman–Crippen LogP) is 3.25. The number of piperazine rings is 1. The molecule has 1 heterocycles. The van der Waals surface area contributed by atoms with Gasteiger partial charge in [-0.25, -0.2) is 17.6 Å². The number of urea groups is 1. The Balaban J connectivity index is 1.76. The molecule has 1 saturated heterocycles. The molecule has 0 saturated carbocycles. The number of carbonyl (C=O) groups excluding carboxylic acids is 1. The lowest BCUT2D eigenvalue weighted by molar-refractivity contribution is 0.249. The van der Waals surface area contributed by atoms with Crippen LogP contribution in [0.2, 0.25) is 0 Å². The molecule has 168 valence electrons. The van der Waals surface area contributed by atoms with E-state index in [9.17, 15) is 17.6 Å². The van der Waals surface area contributed by atoms with Crippen LogP contribution in [-0.2, 0) is 9.84 Å². The van der Waals surface area contributed by atoms with Gasteiger partial charge in [-0.05, 0) is 43.8 Å². The fourth-order valence-electron chi connectivity index (χ4n) is 3.79. The minimum absolute atomic E-state index is 0.0399. The van der Waals surface area contributed by atoms with Crippen molar-refractivity contribution in [1.29, 1.82) is 0 Å². The molecule has 1 aliphatic heterocycles. The molecule has 1 fully saturated rings. The third-order valence-corrected chi connectivity index (χ3v) is 6.65. The zero-order valence-electron chi connectivity index (χ0n) is 18.1. The largest absolute Gasteiger partial charge is 0.369 e. The molecular weight excluding hydrogens is 419 g/mol. The van der Waals surface area contributed by atoms with E-state index >= 15 is 0 Å². The summed E-state index contributed by atoms with van der Waals surface area (Å²) >= 11 is 0. The lowest BCUT2D eigenvalue weighted by Crippen LogP contribution is -2.46. The van der Waals surface area contributed by atoms with Gasteiger partial charge in [0.1, 0.15) is 5.82 Å². The number of rotatable bonds is 6. The van der Waals surface area contributed by atoms with Crippen LogP contribution in [-0.4, -0.2) is 58.3 Å². The van der Waals surface area contributed by atoms with Crippen LogP contribution in [0.15, 0.2) is 47.4 Å². The molecule has 0 unspecified atom stereocenters. The topological polar surface area (TPSA) is 81.8 Å². The molecule has 9 heteroatoms. The molecule has 0 bridgehead atoms. The Hall–Kier alpha value is -2.65. The van der Waals surface area contributed by atoms with Crippen LogP contribution in [0, 0.1) is 5.82 Å². The van der Waals surface area contributed by atoms with Crippen molar-refractivity contribution in [3.05, 3.63) is 53.8 Å². The number of benzene rings is 2. The Bertz CT molecular complexity index is 1040. The number of para-hydroxylation sites is 1. The Kier molecular flexibility index (Phi) is 7.17. The van der Waals surface area contributed by atoms with Crippen molar-refractivity contribution >= 4 is 27.2 Å². The van der Waals surface area contributed by atoms with Crippen molar-refractivity contribution in [3.8, 4) is 0 Å². The number of nitrogens with one attached hydrogen (secondary N) is 2. The predicted molar refractivity (Wildman–Crippen MR) is 121 cm³/mol. The average molecular weight is 449 g/mol. The normalized spacial score (nSPS) is 16.1. The summed E-state index contributed by atoms with van der Waals surface area (Å²) in [6, 6.07) is 9.79. The Labute approximate surface area is 183 Å². The number of hydrogen-bond donors (Lipinski definition) is 2. The molecule has 2 aromatic rings. The SMILES string of the molecule is CCN1CCN(c2ccc(F)cc2[C@H](C)NC(=O)Nc2ccccc2S(C)(=O)=O)CC1. The van der Waals surface area contributed by atoms with E-state index in [1.165, 1.54) is 24.3 Å². The highest BCUT2D eigenvalue weighted by atomic mass is 32.2. The third-order valence-electron chi connectivity index (χ3n) is 5.50. The maximum Gasteiger partial charge on any atom is 0.319 e. The molecule has 0 aliphatic carbocycles. The first kappa shape index (κ1) is 23.0. The summed E-state index contributed by atoms with van der Waals surface area (Å²) in [6.07, 6.45) is 1.09. The van der Waals surface area contributed by atoms with Crippen molar-refractivity contribution in [2.45, 2.75) is 24.8 Å². The van der Waals surface area contributed by atoms with Crippen LogP contribution in [0.4, 0.5) is 20.6 Å². The molecule has 2 amide bonds. The van der Waals surface area contributed by atoms with Gasteiger partial charge in [0.25, 0.3) is 0 Å². The van der Waals surface area contributed by atoms with Gasteiger partial charge >= 0.3 is 6.03 Å². The number of anilines is 2. The van der Waals surface area contributed by atoms with Crippen molar-refractivity contribution < 1.29 is 17.6 Å². The van der Waals surface area contributed by atoms with Crippen LogP contribution < -0.4 is 15.5 Å². The van der Waals surface area contributed by atoms with Gasteiger partial charge in [-0.1, -0.05) is 19.1 Å². The van der Waals surface area contributed by atoms with Crippen LogP contribution in [0.5, 0.6) is 0 Å². The molecule has 2 N–H and O–H groups in total. The second-order valence-electron chi connectivity index (χ2n) is 7.71. The highest BCUT2D eigenvalue weighted by Crippen LogP contribution is 2.29. The summed E-state index contributed by atoms with van der Waals surface area (Å²) in [5.74, 6) is -0.373. The van der Waals surface area contributed by atoms with Crippen molar-refractivity contribution in [3.63, 3.8) is 0 Å². The maximum absolute atomic E-state index is 14.0. The standard InChI is InChI=1S/C22H29FN4O3S/c1-4-26-11-13-27(14-12-26)20-10-9-17(23)15-18(20)16(2)24-22(28)25-19-7-5-6-8-21(19)31(3,29)30/h5-10,15-16H,4,11-14H2,1-3H3,(H2,24,25,28)/t16-/m0/s1. The first-order valence-electron chi connectivity index (χ1n) is 10.3. The van der Waals surface area contributed by atoms with Gasteiger partial charge < -0.3 is 20.4 Å². The minimum atomic E-state index is -3.50. The van der Waals surface area contributed by atoms with Gasteiger partial charge in [0, 0.05) is 43.7 Å². The summed E-state index contributed by atoms with van der Waals surface area (Å²) in [4.78, 5) is 17.2. The molecule has 0 spiro atoms. The molecular formula is C22H29FN4O3S. The first-order valence-corrected chi connectivity index (χ1v) is 12.2. The van der Waals surface area contributed by atoms with Crippen LogP contribution in [0.3, 0.4) is 0 Å². The molecule has 0 aromatic heterocycles. The van der Waals surface area contributed by atoms with Crippen molar-refractivity contribution in [1.82, 2.24) is 10.2 Å². The summed E-state index contributed by atoms with van der Waals surface area (Å²) in [5.41, 5.74) is 1.77. The smallest absolute Gasteiger partial charge is 0.319 e. The molecule has 2 aromatic carbocycles. The van der Waals surface area contributed by atoms with Crippen LogP contribution in [0.1, 0.15) is 25.5 Å². The number of hydrogen-bond acceptors (Lipinski definition) is 5. The fraction of sp³-hybridized carbons (Fsp3) is 0.409. The first-order chi connectivity index (χ1) is 14.7. The average Bonchev–Trinajstić information content (AvgIpc) is 2.73. The van der Waals surface area contributed by atoms with E-state index in [-0.39, 0.29) is 16.4 Å². The molecule has 3 rings (SSSR count). The number of carbonyl (C=O) groups is 1. The second kappa shape index (κ2) is 9.65. The number of halogens is 1. The van der Waals surface area contributed by atoms with Crippen molar-refractivity contribution in [2.75, 3.05) is 49.2 Å². The van der Waals surface area contributed by atoms with Crippen molar-refractivity contribution in [2.24, 2.45) is 0 Å². The van der Waals surface area contributed by atoms with Gasteiger partial charge in [0.2, 0.25) is 0 Å². The summed E-state index contributed by atoms with van der Waals surface area (Å²) in [5, 5.41) is 5.40. The highest BCUT2D eigenvalue weighted by molar-refractivity contribution is 7.90. The monoisotopic (exact) mass is 448 g/mol. The zero-order chi connectivity index (χ0) is 22.6. The number of amides is 2. The molecule has 31 heavy (non-hydrogen) atoms. The van der Waals surface area contributed by atoms with E-state index in [0.29, 0.717) is 5.56 Å². The molecule has 0 radical (unpaired) electrons. The van der Waals surface area contributed by atoms with Gasteiger partial charge in [-0.3, -0.25) is 0 Å². The van der Waals surface area contributed by atoms with Gasteiger partial charge in [-0.2, -0.15) is 0 Å². The van der Waals surface area contributed by atoms with E-state index in [1.807, 2.05) is 0 Å². The van der Waals surface area contributed by atoms with E-state index in [4.69, 9.17) is 0 Å². The lowest BCUT2D eigenvalue weighted by Gasteiger charge is -2.37. The van der Waals surface area contributed by atoms with Gasteiger partial charge in [-0.15, -0.1) is 0 Å². The second-order valence-corrected chi connectivity index (χ2v) is 9.70. The summed E-state index contributed by atoms with van der Waals surface area (Å²) in [7, 11) is -3.50. The highest BCUT2D eigenvalue weighted by Gasteiger charge is 2.22. The van der Waals surface area contributed by atoms with E-state index in [1.54, 1.807) is 25.1 Å². The Morgan fingerprint density at radius 1 is 1.13 bits per heavy atom. The Morgan fingerprint density at radius 3 is 2.45 bits per heavy atom. The zero-order valence-corrected chi connectivity index (χ0v) is 18.9. The minimum Gasteiger partial charge on any atom is -0.369 e. The number of nitrogens with zero attached hydrogens (tertiary/aromatic N) is 2. The van der Waals surface area contributed by atoms with Gasteiger partial charge in [0.15, 0.2) is 9.84 Å². The number of likely N-dealkylation sites (N-methyl/N-ethyl adjacent to an activating group) is 1. The van der Waals surface area contributed by atoms with Crippen LogP contribution >= 0.6 is 0 Å².